The first-order chi connectivity index (χ1) is 12.6. The molecule has 1 rings (SSSR count). The van der Waals surface area contributed by atoms with Gasteiger partial charge in [-0.2, -0.15) is 0 Å². The molecule has 0 radical (unpaired) electrons. The van der Waals surface area contributed by atoms with E-state index in [1.807, 2.05) is 0 Å². The summed E-state index contributed by atoms with van der Waals surface area (Å²) in [6, 6.07) is 0. The Morgan fingerprint density at radius 3 is 2.11 bits per heavy atom. The lowest BCUT2D eigenvalue weighted by atomic mass is 9.89. The van der Waals surface area contributed by atoms with Crippen molar-refractivity contribution in [3.8, 4) is 0 Å². The molecule has 0 saturated carbocycles. The van der Waals surface area contributed by atoms with E-state index in [0.29, 0.717) is 13.0 Å². The van der Waals surface area contributed by atoms with Crippen LogP contribution in [0.5, 0.6) is 0 Å². The van der Waals surface area contributed by atoms with E-state index in [0.717, 1.165) is 0 Å². The minimum atomic E-state index is -1.17. The van der Waals surface area contributed by atoms with Crippen LogP contribution < -0.4 is 0 Å². The summed E-state index contributed by atoms with van der Waals surface area (Å²) < 4.78 is 20.9. The molecule has 0 bridgehead atoms. The highest BCUT2D eigenvalue weighted by Gasteiger charge is 2.36. The zero-order valence-electron chi connectivity index (χ0n) is 15.7. The monoisotopic (exact) mass is 382 g/mol. The van der Waals surface area contributed by atoms with Gasteiger partial charge in [0.2, 0.25) is 0 Å². The number of esters is 2. The van der Waals surface area contributed by atoms with Crippen molar-refractivity contribution in [3.63, 3.8) is 0 Å². The number of ether oxygens (including phenoxy) is 4. The van der Waals surface area contributed by atoms with Gasteiger partial charge in [0.25, 0.3) is 0 Å². The van der Waals surface area contributed by atoms with Gasteiger partial charge in [-0.05, 0) is 20.3 Å². The Kier molecular flexibility index (Phi) is 8.90. The van der Waals surface area contributed by atoms with Crippen LogP contribution >= 0.6 is 0 Å². The third kappa shape index (κ3) is 8.19. The van der Waals surface area contributed by atoms with Gasteiger partial charge in [-0.15, -0.1) is 0 Å². The Morgan fingerprint density at radius 2 is 1.63 bits per heavy atom. The van der Waals surface area contributed by atoms with Crippen molar-refractivity contribution in [3.05, 3.63) is 36.5 Å². The van der Waals surface area contributed by atoms with E-state index < -0.39 is 29.9 Å². The van der Waals surface area contributed by atoms with E-state index >= 15 is 0 Å². The molecular weight excluding hydrogens is 356 g/mol. The van der Waals surface area contributed by atoms with E-state index in [-0.39, 0.29) is 42.6 Å². The summed E-state index contributed by atoms with van der Waals surface area (Å²) in [5.41, 5.74) is 0.397. The predicted molar refractivity (Wildman–Crippen MR) is 95.9 cm³/mol. The van der Waals surface area contributed by atoms with Crippen molar-refractivity contribution >= 4 is 17.9 Å². The number of hydrogen-bond acceptors (Lipinski definition) is 7. The smallest absolute Gasteiger partial charge is 0.333 e. The van der Waals surface area contributed by atoms with Gasteiger partial charge in [-0.25, -0.2) is 14.4 Å². The van der Waals surface area contributed by atoms with Gasteiger partial charge in [-0.3, -0.25) is 0 Å². The van der Waals surface area contributed by atoms with Crippen molar-refractivity contribution in [2.24, 2.45) is 5.92 Å². The number of rotatable bonds is 13. The molecule has 0 amide bonds. The molecule has 1 aliphatic heterocycles. The molecule has 0 aromatic rings. The topological polar surface area (TPSA) is 112 Å². The number of carboxylic acids is 1. The summed E-state index contributed by atoms with van der Waals surface area (Å²) >= 11 is 0. The molecule has 27 heavy (non-hydrogen) atoms. The number of carboxylic acid groups (broad SMARTS) is 1. The summed E-state index contributed by atoms with van der Waals surface area (Å²) in [5.74, 6) is -2.97. The number of carbonyl (C=O) groups excluding carboxylic acids is 2. The van der Waals surface area contributed by atoms with Crippen LogP contribution in [0.2, 0.25) is 0 Å². The van der Waals surface area contributed by atoms with Crippen molar-refractivity contribution in [2.45, 2.75) is 32.5 Å². The SMILES string of the molecule is C=C(C)C(=O)OCCOC(COC(=O)C(=C)C)C(CC1CO1)C(=C)C(=O)O. The molecule has 0 spiro atoms. The third-order valence-corrected chi connectivity index (χ3v) is 3.81. The van der Waals surface area contributed by atoms with Gasteiger partial charge in [0.15, 0.2) is 0 Å². The van der Waals surface area contributed by atoms with Gasteiger partial charge in [0.1, 0.15) is 13.2 Å². The van der Waals surface area contributed by atoms with Gasteiger partial charge in [-0.1, -0.05) is 19.7 Å². The number of aliphatic carboxylic acids is 1. The standard InChI is InChI=1S/C19H26O8/c1-11(2)18(22)25-7-6-24-16(10-27-19(23)12(3)4)15(8-14-9-26-14)13(5)17(20)21/h14-16H,1,3,5-10H2,2,4H3,(H,20,21). The molecule has 0 aliphatic carbocycles. The average molecular weight is 382 g/mol. The Balaban J connectivity index is 2.76. The van der Waals surface area contributed by atoms with E-state index in [1.165, 1.54) is 13.8 Å². The van der Waals surface area contributed by atoms with Crippen LogP contribution in [-0.4, -0.2) is 61.6 Å². The van der Waals surface area contributed by atoms with E-state index in [2.05, 4.69) is 19.7 Å². The van der Waals surface area contributed by atoms with E-state index in [9.17, 15) is 19.5 Å². The highest BCUT2D eigenvalue weighted by Crippen LogP contribution is 2.29. The first-order valence-electron chi connectivity index (χ1n) is 8.44. The lowest BCUT2D eigenvalue weighted by molar-refractivity contribution is -0.147. The second kappa shape index (κ2) is 10.6. The molecule has 3 unspecified atom stereocenters. The zero-order chi connectivity index (χ0) is 20.6. The Labute approximate surface area is 158 Å². The third-order valence-electron chi connectivity index (χ3n) is 3.81. The van der Waals surface area contributed by atoms with E-state index in [1.54, 1.807) is 0 Å². The molecule has 150 valence electrons. The maximum atomic E-state index is 11.7. The molecule has 0 aromatic heterocycles. The Morgan fingerprint density at radius 1 is 1.07 bits per heavy atom. The van der Waals surface area contributed by atoms with Gasteiger partial charge < -0.3 is 24.1 Å². The van der Waals surface area contributed by atoms with Gasteiger partial charge >= 0.3 is 17.9 Å². The largest absolute Gasteiger partial charge is 0.478 e. The van der Waals surface area contributed by atoms with Crippen LogP contribution in [0.1, 0.15) is 20.3 Å². The quantitative estimate of drug-likeness (QED) is 0.221. The van der Waals surface area contributed by atoms with Crippen LogP contribution in [0, 0.1) is 5.92 Å². The second-order valence-corrected chi connectivity index (χ2v) is 6.33. The van der Waals surface area contributed by atoms with Crippen LogP contribution in [0.4, 0.5) is 0 Å². The van der Waals surface area contributed by atoms with Crippen molar-refractivity contribution in [1.29, 1.82) is 0 Å². The summed E-state index contributed by atoms with van der Waals surface area (Å²) in [6.07, 6.45) is -0.508. The fourth-order valence-electron chi connectivity index (χ4n) is 2.18. The lowest BCUT2D eigenvalue weighted by Gasteiger charge is -2.27. The summed E-state index contributed by atoms with van der Waals surface area (Å²) in [4.78, 5) is 34.5. The van der Waals surface area contributed by atoms with Crippen LogP contribution in [-0.2, 0) is 33.3 Å². The van der Waals surface area contributed by atoms with Crippen LogP contribution in [0.15, 0.2) is 36.5 Å². The second-order valence-electron chi connectivity index (χ2n) is 6.33. The van der Waals surface area contributed by atoms with Crippen molar-refractivity contribution < 1.29 is 38.4 Å². The summed E-state index contributed by atoms with van der Waals surface area (Å²) in [7, 11) is 0. The molecule has 8 heteroatoms. The Hall–Kier alpha value is -2.45. The lowest BCUT2D eigenvalue weighted by Crippen LogP contribution is -2.35. The van der Waals surface area contributed by atoms with E-state index in [4.69, 9.17) is 18.9 Å². The summed E-state index contributed by atoms with van der Waals surface area (Å²) in [5, 5.41) is 9.31. The molecule has 1 heterocycles. The molecule has 1 fully saturated rings. The number of epoxide rings is 1. The normalized spacial score (nSPS) is 17.3. The van der Waals surface area contributed by atoms with Crippen molar-refractivity contribution in [1.82, 2.24) is 0 Å². The molecular formula is C19H26O8. The molecule has 1 aliphatic rings. The molecule has 1 saturated heterocycles. The maximum Gasteiger partial charge on any atom is 0.333 e. The minimum Gasteiger partial charge on any atom is -0.478 e. The zero-order valence-corrected chi connectivity index (χ0v) is 15.7. The highest BCUT2D eigenvalue weighted by molar-refractivity contribution is 5.87. The predicted octanol–water partition coefficient (Wildman–Crippen LogP) is 1.66. The molecule has 3 atom stereocenters. The van der Waals surface area contributed by atoms with Crippen LogP contribution in [0.25, 0.3) is 0 Å². The maximum absolute atomic E-state index is 11.7. The number of hydrogen-bond donors (Lipinski definition) is 1. The molecule has 1 N–H and O–H groups in total. The van der Waals surface area contributed by atoms with Crippen LogP contribution in [0.3, 0.4) is 0 Å². The first-order valence-corrected chi connectivity index (χ1v) is 8.44. The molecule has 0 aromatic carbocycles. The fourth-order valence-corrected chi connectivity index (χ4v) is 2.18. The first kappa shape index (κ1) is 22.6. The highest BCUT2D eigenvalue weighted by atomic mass is 16.6. The Bertz CT molecular complexity index is 617. The molecule has 8 nitrogen and oxygen atoms in total. The fraction of sp³-hybridized carbons (Fsp3) is 0.526. The average Bonchev–Trinajstić information content (AvgIpc) is 3.42. The number of carbonyl (C=O) groups is 3. The van der Waals surface area contributed by atoms with Gasteiger partial charge in [0, 0.05) is 22.6 Å². The summed E-state index contributed by atoms with van der Waals surface area (Å²) in [6.45, 7) is 13.9. The van der Waals surface area contributed by atoms with Gasteiger partial charge in [0.05, 0.1) is 25.4 Å². The minimum absolute atomic E-state index is 0.0107. The van der Waals surface area contributed by atoms with Crippen molar-refractivity contribution in [2.75, 3.05) is 26.4 Å².